The lowest BCUT2D eigenvalue weighted by molar-refractivity contribution is -0.127. The number of hydrogen-bond donors (Lipinski definition) is 0. The minimum absolute atomic E-state index is 0.0108. The summed E-state index contributed by atoms with van der Waals surface area (Å²) in [6.07, 6.45) is 1.39. The standard InChI is InChI=1S/C10H15ClN4O/c1-7-9(11)12-6-13-10(7)15(4)5-8(16)14(2)3/h6H,5H2,1-4H3. The predicted molar refractivity (Wildman–Crippen MR) is 63.7 cm³/mol. The molecule has 5 nitrogen and oxygen atoms in total. The van der Waals surface area contributed by atoms with E-state index in [0.717, 1.165) is 5.56 Å². The van der Waals surface area contributed by atoms with E-state index in [9.17, 15) is 4.79 Å². The number of anilines is 1. The van der Waals surface area contributed by atoms with Crippen molar-refractivity contribution >= 4 is 23.3 Å². The largest absolute Gasteiger partial charge is 0.350 e. The van der Waals surface area contributed by atoms with Crippen molar-refractivity contribution in [2.24, 2.45) is 0 Å². The molecule has 0 spiro atoms. The summed E-state index contributed by atoms with van der Waals surface area (Å²) in [6.45, 7) is 2.09. The first kappa shape index (κ1) is 12.7. The summed E-state index contributed by atoms with van der Waals surface area (Å²) >= 11 is 5.88. The first-order valence-corrected chi connectivity index (χ1v) is 5.19. The van der Waals surface area contributed by atoms with Crippen molar-refractivity contribution in [1.82, 2.24) is 14.9 Å². The highest BCUT2D eigenvalue weighted by Crippen LogP contribution is 2.20. The van der Waals surface area contributed by atoms with Crippen molar-refractivity contribution in [3.63, 3.8) is 0 Å². The Bertz CT molecular complexity index is 394. The van der Waals surface area contributed by atoms with Gasteiger partial charge < -0.3 is 9.80 Å². The molecule has 88 valence electrons. The highest BCUT2D eigenvalue weighted by atomic mass is 35.5. The van der Waals surface area contributed by atoms with Crippen LogP contribution in [0.15, 0.2) is 6.33 Å². The normalized spacial score (nSPS) is 10.1. The van der Waals surface area contributed by atoms with Gasteiger partial charge in [-0.05, 0) is 6.92 Å². The Labute approximate surface area is 100 Å². The predicted octanol–water partition coefficient (Wildman–Crippen LogP) is 0.963. The van der Waals surface area contributed by atoms with Gasteiger partial charge in [0.2, 0.25) is 5.91 Å². The molecule has 16 heavy (non-hydrogen) atoms. The van der Waals surface area contributed by atoms with Gasteiger partial charge in [-0.3, -0.25) is 4.79 Å². The number of halogens is 1. The summed E-state index contributed by atoms with van der Waals surface area (Å²) < 4.78 is 0. The maximum atomic E-state index is 11.5. The van der Waals surface area contributed by atoms with Gasteiger partial charge in [-0.2, -0.15) is 0 Å². The molecule has 0 atom stereocenters. The zero-order valence-corrected chi connectivity index (χ0v) is 10.6. The number of carbonyl (C=O) groups is 1. The summed E-state index contributed by atoms with van der Waals surface area (Å²) in [6, 6.07) is 0. The quantitative estimate of drug-likeness (QED) is 0.741. The van der Waals surface area contributed by atoms with Gasteiger partial charge in [-0.15, -0.1) is 0 Å². The monoisotopic (exact) mass is 242 g/mol. The second-order valence-electron chi connectivity index (χ2n) is 3.76. The van der Waals surface area contributed by atoms with Gasteiger partial charge in [0.25, 0.3) is 0 Å². The van der Waals surface area contributed by atoms with Crippen LogP contribution >= 0.6 is 11.6 Å². The Balaban J connectivity index is 2.85. The molecule has 1 amide bonds. The third kappa shape index (κ3) is 2.82. The Morgan fingerprint density at radius 1 is 1.38 bits per heavy atom. The minimum Gasteiger partial charge on any atom is -0.350 e. The van der Waals surface area contributed by atoms with E-state index in [0.29, 0.717) is 11.0 Å². The van der Waals surface area contributed by atoms with Crippen molar-refractivity contribution < 1.29 is 4.79 Å². The van der Waals surface area contributed by atoms with E-state index < -0.39 is 0 Å². The van der Waals surface area contributed by atoms with Crippen LogP contribution in [0.1, 0.15) is 5.56 Å². The highest BCUT2D eigenvalue weighted by Gasteiger charge is 2.13. The van der Waals surface area contributed by atoms with Crippen LogP contribution in [-0.2, 0) is 4.79 Å². The van der Waals surface area contributed by atoms with Crippen LogP contribution < -0.4 is 4.90 Å². The number of amides is 1. The molecule has 0 N–H and O–H groups in total. The van der Waals surface area contributed by atoms with Crippen molar-refractivity contribution in [3.8, 4) is 0 Å². The van der Waals surface area contributed by atoms with E-state index in [2.05, 4.69) is 9.97 Å². The molecule has 0 bridgehead atoms. The highest BCUT2D eigenvalue weighted by molar-refractivity contribution is 6.30. The molecule has 1 heterocycles. The van der Waals surface area contributed by atoms with E-state index in [1.54, 1.807) is 26.0 Å². The Hall–Kier alpha value is -1.36. The number of rotatable bonds is 3. The van der Waals surface area contributed by atoms with Gasteiger partial charge >= 0.3 is 0 Å². The summed E-state index contributed by atoms with van der Waals surface area (Å²) in [5.74, 6) is 0.687. The second-order valence-corrected chi connectivity index (χ2v) is 4.12. The Morgan fingerprint density at radius 3 is 2.56 bits per heavy atom. The SMILES string of the molecule is Cc1c(Cl)ncnc1N(C)CC(=O)N(C)C. The van der Waals surface area contributed by atoms with Gasteiger partial charge in [0, 0.05) is 26.7 Å². The van der Waals surface area contributed by atoms with E-state index in [1.807, 2.05) is 6.92 Å². The van der Waals surface area contributed by atoms with Crippen LogP contribution in [-0.4, -0.2) is 48.5 Å². The molecule has 1 rings (SSSR count). The maximum Gasteiger partial charge on any atom is 0.241 e. The topological polar surface area (TPSA) is 49.3 Å². The Morgan fingerprint density at radius 2 is 2.00 bits per heavy atom. The molecule has 0 unspecified atom stereocenters. The summed E-state index contributed by atoms with van der Waals surface area (Å²) in [5.41, 5.74) is 0.776. The smallest absolute Gasteiger partial charge is 0.241 e. The molecule has 0 fully saturated rings. The molecule has 1 aromatic heterocycles. The summed E-state index contributed by atoms with van der Waals surface area (Å²) in [4.78, 5) is 22.8. The van der Waals surface area contributed by atoms with Gasteiger partial charge in [-0.1, -0.05) is 11.6 Å². The van der Waals surface area contributed by atoms with E-state index in [1.165, 1.54) is 11.2 Å². The molecular weight excluding hydrogens is 228 g/mol. The molecule has 6 heteroatoms. The van der Waals surface area contributed by atoms with Crippen LogP contribution in [0.25, 0.3) is 0 Å². The fraction of sp³-hybridized carbons (Fsp3) is 0.500. The van der Waals surface area contributed by atoms with Gasteiger partial charge in [0.1, 0.15) is 17.3 Å². The molecule has 0 saturated heterocycles. The lowest BCUT2D eigenvalue weighted by Crippen LogP contribution is -2.35. The Kier molecular flexibility index (Phi) is 4.06. The molecular formula is C10H15ClN4O. The lowest BCUT2D eigenvalue weighted by atomic mass is 10.3. The van der Waals surface area contributed by atoms with E-state index in [-0.39, 0.29) is 12.5 Å². The average molecular weight is 243 g/mol. The average Bonchev–Trinajstić information content (AvgIpc) is 2.21. The fourth-order valence-electron chi connectivity index (χ4n) is 1.22. The van der Waals surface area contributed by atoms with Crippen LogP contribution in [0.2, 0.25) is 5.15 Å². The first-order chi connectivity index (χ1) is 7.43. The molecule has 0 aromatic carbocycles. The van der Waals surface area contributed by atoms with Crippen molar-refractivity contribution in [1.29, 1.82) is 0 Å². The third-order valence-electron chi connectivity index (χ3n) is 2.23. The van der Waals surface area contributed by atoms with Crippen LogP contribution in [0.3, 0.4) is 0 Å². The second kappa shape index (κ2) is 5.12. The maximum absolute atomic E-state index is 11.5. The van der Waals surface area contributed by atoms with Crippen LogP contribution in [0.5, 0.6) is 0 Å². The summed E-state index contributed by atoms with van der Waals surface area (Å²) in [5, 5.41) is 0.411. The van der Waals surface area contributed by atoms with Crippen LogP contribution in [0.4, 0.5) is 5.82 Å². The van der Waals surface area contributed by atoms with E-state index >= 15 is 0 Å². The number of nitrogens with zero attached hydrogens (tertiary/aromatic N) is 4. The number of hydrogen-bond acceptors (Lipinski definition) is 4. The summed E-state index contributed by atoms with van der Waals surface area (Å²) in [7, 11) is 5.24. The minimum atomic E-state index is 0.0108. The third-order valence-corrected chi connectivity index (χ3v) is 2.61. The van der Waals surface area contributed by atoms with Crippen molar-refractivity contribution in [3.05, 3.63) is 17.0 Å². The molecule has 1 aromatic rings. The number of aromatic nitrogens is 2. The molecule has 0 aliphatic heterocycles. The molecule has 0 radical (unpaired) electrons. The zero-order chi connectivity index (χ0) is 12.3. The lowest BCUT2D eigenvalue weighted by Gasteiger charge is -2.21. The van der Waals surface area contributed by atoms with Gasteiger partial charge in [0.05, 0.1) is 6.54 Å². The van der Waals surface area contributed by atoms with E-state index in [4.69, 9.17) is 11.6 Å². The fourth-order valence-corrected chi connectivity index (χ4v) is 1.35. The van der Waals surface area contributed by atoms with Crippen molar-refractivity contribution in [2.45, 2.75) is 6.92 Å². The molecule has 0 aliphatic rings. The van der Waals surface area contributed by atoms with Gasteiger partial charge in [0.15, 0.2) is 0 Å². The zero-order valence-electron chi connectivity index (χ0n) is 9.86. The molecule has 0 aliphatic carbocycles. The molecule has 0 saturated carbocycles. The van der Waals surface area contributed by atoms with Crippen molar-refractivity contribution in [2.75, 3.05) is 32.6 Å². The number of carbonyl (C=O) groups excluding carboxylic acids is 1. The first-order valence-electron chi connectivity index (χ1n) is 4.82. The van der Waals surface area contributed by atoms with Gasteiger partial charge in [-0.25, -0.2) is 9.97 Å². The van der Waals surface area contributed by atoms with Crippen LogP contribution in [0, 0.1) is 6.92 Å². The number of likely N-dealkylation sites (N-methyl/N-ethyl adjacent to an activating group) is 2.